The molecule has 2 aliphatic heterocycles. The molecule has 6 nitrogen and oxygen atoms in total. The van der Waals surface area contributed by atoms with E-state index in [1.165, 1.54) is 12.8 Å². The molecular weight excluding hydrogens is 290 g/mol. The summed E-state index contributed by atoms with van der Waals surface area (Å²) in [6.07, 6.45) is 4.14. The van der Waals surface area contributed by atoms with Gasteiger partial charge in [-0.3, -0.25) is 4.90 Å². The van der Waals surface area contributed by atoms with Crippen LogP contribution in [0.2, 0.25) is 0 Å². The van der Waals surface area contributed by atoms with Crippen LogP contribution < -0.4 is 9.80 Å². The first-order valence-corrected chi connectivity index (χ1v) is 8.57. The van der Waals surface area contributed by atoms with Crippen molar-refractivity contribution >= 4 is 11.6 Å². The van der Waals surface area contributed by atoms with Crippen molar-refractivity contribution in [2.45, 2.75) is 25.3 Å². The summed E-state index contributed by atoms with van der Waals surface area (Å²) in [5, 5.41) is 0. The van der Waals surface area contributed by atoms with Crippen LogP contribution in [0.4, 0.5) is 11.6 Å². The highest BCUT2D eigenvalue weighted by Gasteiger charge is 2.49. The molecule has 1 aromatic rings. The van der Waals surface area contributed by atoms with Gasteiger partial charge in [-0.2, -0.15) is 0 Å². The zero-order chi connectivity index (χ0) is 16.4. The molecule has 2 saturated heterocycles. The van der Waals surface area contributed by atoms with Crippen molar-refractivity contribution < 1.29 is 4.74 Å². The van der Waals surface area contributed by atoms with Gasteiger partial charge in [0.2, 0.25) is 0 Å². The molecule has 0 radical (unpaired) electrons. The van der Waals surface area contributed by atoms with Crippen LogP contribution in [0.5, 0.6) is 0 Å². The Kier molecular flexibility index (Phi) is 4.73. The van der Waals surface area contributed by atoms with Gasteiger partial charge in [0.05, 0.1) is 5.54 Å². The molecule has 0 bridgehead atoms. The molecule has 1 atom stereocenters. The van der Waals surface area contributed by atoms with E-state index in [4.69, 9.17) is 4.74 Å². The first-order valence-electron chi connectivity index (χ1n) is 8.57. The largest absolute Gasteiger partial charge is 0.381 e. The molecule has 0 aliphatic carbocycles. The van der Waals surface area contributed by atoms with Crippen molar-refractivity contribution in [1.82, 2.24) is 14.9 Å². The molecule has 0 amide bonds. The molecule has 0 saturated carbocycles. The Morgan fingerprint density at radius 3 is 2.83 bits per heavy atom. The predicted molar refractivity (Wildman–Crippen MR) is 93.2 cm³/mol. The van der Waals surface area contributed by atoms with Crippen LogP contribution in [0.1, 0.15) is 19.8 Å². The standard InChI is InChI=1S/C17H29N5O/c1-5-23-10-14-6-7-21(4)17(9-14)11-22(12-17)16-8-15(20(2)3)18-13-19-16/h8,13-14H,5-7,9-12H2,1-4H3/t14-/m1/s1. The number of ether oxygens (including phenoxy) is 1. The third kappa shape index (κ3) is 3.28. The molecule has 0 aromatic carbocycles. The van der Waals surface area contributed by atoms with Crippen molar-refractivity contribution in [2.75, 3.05) is 63.8 Å². The van der Waals surface area contributed by atoms with Gasteiger partial charge in [-0.15, -0.1) is 0 Å². The van der Waals surface area contributed by atoms with E-state index in [-0.39, 0.29) is 0 Å². The number of piperidine rings is 1. The second-order valence-electron chi connectivity index (χ2n) is 7.15. The number of anilines is 2. The number of hydrogen-bond acceptors (Lipinski definition) is 6. The van der Waals surface area contributed by atoms with E-state index in [9.17, 15) is 0 Å². The molecule has 3 heterocycles. The van der Waals surface area contributed by atoms with E-state index in [1.54, 1.807) is 6.33 Å². The second-order valence-corrected chi connectivity index (χ2v) is 7.15. The summed E-state index contributed by atoms with van der Waals surface area (Å²) in [4.78, 5) is 15.7. The lowest BCUT2D eigenvalue weighted by atomic mass is 9.75. The van der Waals surface area contributed by atoms with Crippen molar-refractivity contribution in [2.24, 2.45) is 5.92 Å². The highest BCUT2D eigenvalue weighted by atomic mass is 16.5. The Bertz CT molecular complexity index is 527. The average Bonchev–Trinajstić information content (AvgIpc) is 2.52. The van der Waals surface area contributed by atoms with E-state index in [1.807, 2.05) is 19.0 Å². The normalized spacial score (nSPS) is 23.8. The molecule has 2 fully saturated rings. The van der Waals surface area contributed by atoms with Gasteiger partial charge in [0.15, 0.2) is 0 Å². The van der Waals surface area contributed by atoms with Crippen molar-refractivity contribution in [3.8, 4) is 0 Å². The first kappa shape index (κ1) is 16.5. The quantitative estimate of drug-likeness (QED) is 0.819. The molecule has 3 rings (SSSR count). The molecular formula is C17H29N5O. The molecule has 23 heavy (non-hydrogen) atoms. The number of likely N-dealkylation sites (N-methyl/N-ethyl adjacent to an activating group) is 1. The Labute approximate surface area is 139 Å². The summed E-state index contributed by atoms with van der Waals surface area (Å²) >= 11 is 0. The summed E-state index contributed by atoms with van der Waals surface area (Å²) in [7, 11) is 6.29. The van der Waals surface area contributed by atoms with Crippen LogP contribution in [0.25, 0.3) is 0 Å². The molecule has 1 aromatic heterocycles. The molecule has 128 valence electrons. The SMILES string of the molecule is CCOC[C@@H]1CCN(C)C2(C1)CN(c1cc(N(C)C)ncn1)C2. The zero-order valence-electron chi connectivity index (χ0n) is 14.8. The lowest BCUT2D eigenvalue weighted by Crippen LogP contribution is -2.72. The maximum Gasteiger partial charge on any atom is 0.134 e. The number of aromatic nitrogens is 2. The minimum Gasteiger partial charge on any atom is -0.381 e. The smallest absolute Gasteiger partial charge is 0.134 e. The van der Waals surface area contributed by atoms with Crippen LogP contribution >= 0.6 is 0 Å². The highest BCUT2D eigenvalue weighted by Crippen LogP contribution is 2.40. The summed E-state index contributed by atoms with van der Waals surface area (Å²) in [5.74, 6) is 2.69. The van der Waals surface area contributed by atoms with Crippen LogP contribution in [0, 0.1) is 5.92 Å². The van der Waals surface area contributed by atoms with E-state index in [2.05, 4.69) is 39.8 Å². The first-order chi connectivity index (χ1) is 11.0. The molecule has 1 spiro atoms. The summed E-state index contributed by atoms with van der Waals surface area (Å²) in [6.45, 7) is 7.07. The number of hydrogen-bond donors (Lipinski definition) is 0. The third-order valence-electron chi connectivity index (χ3n) is 5.30. The zero-order valence-corrected chi connectivity index (χ0v) is 14.8. The van der Waals surface area contributed by atoms with Crippen molar-refractivity contribution in [1.29, 1.82) is 0 Å². The fraction of sp³-hybridized carbons (Fsp3) is 0.765. The van der Waals surface area contributed by atoms with Crippen molar-refractivity contribution in [3.05, 3.63) is 12.4 Å². The number of likely N-dealkylation sites (tertiary alicyclic amines) is 1. The fourth-order valence-electron chi connectivity index (χ4n) is 3.79. The maximum atomic E-state index is 5.67. The van der Waals surface area contributed by atoms with Gasteiger partial charge in [-0.25, -0.2) is 9.97 Å². The van der Waals surface area contributed by atoms with Gasteiger partial charge in [0.25, 0.3) is 0 Å². The van der Waals surface area contributed by atoms with E-state index in [0.717, 1.165) is 44.5 Å². The van der Waals surface area contributed by atoms with Gasteiger partial charge >= 0.3 is 0 Å². The molecule has 2 aliphatic rings. The Balaban J connectivity index is 1.65. The van der Waals surface area contributed by atoms with Crippen LogP contribution in [-0.2, 0) is 4.74 Å². The van der Waals surface area contributed by atoms with Gasteiger partial charge in [0, 0.05) is 46.5 Å². The van der Waals surface area contributed by atoms with Crippen LogP contribution in [-0.4, -0.2) is 74.4 Å². The molecule has 0 N–H and O–H groups in total. The number of rotatable bonds is 5. The highest BCUT2D eigenvalue weighted by molar-refractivity contribution is 5.52. The Morgan fingerprint density at radius 2 is 2.13 bits per heavy atom. The van der Waals surface area contributed by atoms with Crippen LogP contribution in [0.15, 0.2) is 12.4 Å². The van der Waals surface area contributed by atoms with Gasteiger partial charge in [0.1, 0.15) is 18.0 Å². The predicted octanol–water partition coefficient (Wildman–Crippen LogP) is 1.48. The van der Waals surface area contributed by atoms with E-state index >= 15 is 0 Å². The monoisotopic (exact) mass is 319 g/mol. The third-order valence-corrected chi connectivity index (χ3v) is 5.30. The lowest BCUT2D eigenvalue weighted by Gasteiger charge is -2.59. The average molecular weight is 319 g/mol. The maximum absolute atomic E-state index is 5.67. The van der Waals surface area contributed by atoms with Crippen molar-refractivity contribution in [3.63, 3.8) is 0 Å². The lowest BCUT2D eigenvalue weighted by molar-refractivity contribution is -0.0104. The molecule has 6 heteroatoms. The summed E-state index contributed by atoms with van der Waals surface area (Å²) in [5.41, 5.74) is 0.295. The van der Waals surface area contributed by atoms with Crippen LogP contribution in [0.3, 0.4) is 0 Å². The van der Waals surface area contributed by atoms with Gasteiger partial charge in [-0.1, -0.05) is 0 Å². The van der Waals surface area contributed by atoms with Gasteiger partial charge < -0.3 is 14.5 Å². The van der Waals surface area contributed by atoms with E-state index < -0.39 is 0 Å². The van der Waals surface area contributed by atoms with E-state index in [0.29, 0.717) is 11.5 Å². The van der Waals surface area contributed by atoms with Gasteiger partial charge in [-0.05, 0) is 39.3 Å². The minimum absolute atomic E-state index is 0.295. The topological polar surface area (TPSA) is 44.7 Å². The Morgan fingerprint density at radius 1 is 1.35 bits per heavy atom. The fourth-order valence-corrected chi connectivity index (χ4v) is 3.79. The summed E-state index contributed by atoms with van der Waals surface area (Å²) in [6, 6.07) is 2.08. The summed E-state index contributed by atoms with van der Waals surface area (Å²) < 4.78 is 5.67. The Hall–Kier alpha value is -1.40. The number of nitrogens with zero attached hydrogens (tertiary/aromatic N) is 5. The second kappa shape index (κ2) is 6.61. The minimum atomic E-state index is 0.295. The molecule has 0 unspecified atom stereocenters.